The Morgan fingerprint density at radius 3 is 2.77 bits per heavy atom. The topological polar surface area (TPSA) is 56.7 Å². The standard InChI is InChI=1S/C16H24ClN3OS/c1-2-18-15(20-11-16(21)8-10-22-12-16)19-9-7-13-3-5-14(17)6-4-13/h3-6,21H,2,7-12H2,1H3,(H2,18,19,20). The van der Waals surface area contributed by atoms with Gasteiger partial charge in [-0.2, -0.15) is 11.8 Å². The van der Waals surface area contributed by atoms with Crippen molar-refractivity contribution in [3.8, 4) is 0 Å². The van der Waals surface area contributed by atoms with Gasteiger partial charge in [-0.25, -0.2) is 0 Å². The summed E-state index contributed by atoms with van der Waals surface area (Å²) in [4.78, 5) is 4.52. The molecule has 1 aliphatic heterocycles. The van der Waals surface area contributed by atoms with Crippen LogP contribution < -0.4 is 10.6 Å². The minimum Gasteiger partial charge on any atom is -0.387 e. The van der Waals surface area contributed by atoms with Crippen molar-refractivity contribution in [1.82, 2.24) is 10.6 Å². The van der Waals surface area contributed by atoms with Crippen LogP contribution in [0.25, 0.3) is 0 Å². The molecule has 22 heavy (non-hydrogen) atoms. The molecule has 0 saturated carbocycles. The number of aliphatic imine (C=N–C) groups is 1. The summed E-state index contributed by atoms with van der Waals surface area (Å²) in [6.07, 6.45) is 1.73. The van der Waals surface area contributed by atoms with Crippen LogP contribution in [0.15, 0.2) is 29.3 Å². The number of thioether (sulfide) groups is 1. The summed E-state index contributed by atoms with van der Waals surface area (Å²) < 4.78 is 0. The van der Waals surface area contributed by atoms with Crippen molar-refractivity contribution in [1.29, 1.82) is 0 Å². The van der Waals surface area contributed by atoms with Gasteiger partial charge in [0.15, 0.2) is 5.96 Å². The van der Waals surface area contributed by atoms with Crippen LogP contribution in [0.3, 0.4) is 0 Å². The number of hydrogen-bond donors (Lipinski definition) is 3. The highest BCUT2D eigenvalue weighted by Gasteiger charge is 2.31. The third-order valence-corrected chi connectivity index (χ3v) is 5.06. The maximum Gasteiger partial charge on any atom is 0.191 e. The molecule has 6 heteroatoms. The molecule has 0 amide bonds. The van der Waals surface area contributed by atoms with Crippen molar-refractivity contribution < 1.29 is 5.11 Å². The highest BCUT2D eigenvalue weighted by molar-refractivity contribution is 7.99. The molecule has 0 radical (unpaired) electrons. The first kappa shape index (κ1) is 17.4. The van der Waals surface area contributed by atoms with Crippen LogP contribution in [0.2, 0.25) is 5.02 Å². The van der Waals surface area contributed by atoms with Gasteiger partial charge in [-0.05, 0) is 43.2 Å². The molecule has 0 aromatic heterocycles. The summed E-state index contributed by atoms with van der Waals surface area (Å²) in [6.45, 7) is 4.09. The van der Waals surface area contributed by atoms with Crippen LogP contribution in [-0.2, 0) is 6.42 Å². The SMILES string of the molecule is CCNC(=NCC1(O)CCSC1)NCCc1ccc(Cl)cc1. The Bertz CT molecular complexity index is 487. The zero-order valence-electron chi connectivity index (χ0n) is 12.9. The van der Waals surface area contributed by atoms with Gasteiger partial charge < -0.3 is 15.7 Å². The van der Waals surface area contributed by atoms with Gasteiger partial charge in [0.1, 0.15) is 0 Å². The van der Waals surface area contributed by atoms with Gasteiger partial charge in [0.25, 0.3) is 0 Å². The molecule has 4 nitrogen and oxygen atoms in total. The average molecular weight is 342 g/mol. The lowest BCUT2D eigenvalue weighted by atomic mass is 10.1. The molecule has 1 aliphatic rings. The molecule has 3 N–H and O–H groups in total. The van der Waals surface area contributed by atoms with Crippen LogP contribution in [0.5, 0.6) is 0 Å². The van der Waals surface area contributed by atoms with Crippen molar-refractivity contribution >= 4 is 29.3 Å². The van der Waals surface area contributed by atoms with Crippen LogP contribution in [0.1, 0.15) is 18.9 Å². The van der Waals surface area contributed by atoms with E-state index in [-0.39, 0.29) is 0 Å². The molecule has 122 valence electrons. The predicted molar refractivity (Wildman–Crippen MR) is 96.0 cm³/mol. The fourth-order valence-electron chi connectivity index (χ4n) is 2.27. The fourth-order valence-corrected chi connectivity index (χ4v) is 3.68. The summed E-state index contributed by atoms with van der Waals surface area (Å²) in [6, 6.07) is 7.88. The van der Waals surface area contributed by atoms with Crippen LogP contribution in [-0.4, -0.2) is 47.8 Å². The van der Waals surface area contributed by atoms with E-state index in [2.05, 4.69) is 15.6 Å². The third kappa shape index (κ3) is 5.71. The van der Waals surface area contributed by atoms with Crippen LogP contribution in [0.4, 0.5) is 0 Å². The van der Waals surface area contributed by atoms with E-state index >= 15 is 0 Å². The Labute approximate surface area is 141 Å². The lowest BCUT2D eigenvalue weighted by molar-refractivity contribution is 0.0778. The van der Waals surface area contributed by atoms with Crippen molar-refractivity contribution in [2.75, 3.05) is 31.1 Å². The second-order valence-electron chi connectivity index (χ2n) is 5.53. The second kappa shape index (κ2) is 8.65. The zero-order valence-corrected chi connectivity index (χ0v) is 14.5. The average Bonchev–Trinajstić information content (AvgIpc) is 2.94. The fraction of sp³-hybridized carbons (Fsp3) is 0.562. The molecule has 1 heterocycles. The predicted octanol–water partition coefficient (Wildman–Crippen LogP) is 2.31. The first-order chi connectivity index (χ1) is 10.6. The minimum absolute atomic E-state index is 0.455. The number of rotatable bonds is 6. The molecule has 0 bridgehead atoms. The molecule has 0 spiro atoms. The summed E-state index contributed by atoms with van der Waals surface area (Å²) in [5, 5.41) is 17.6. The Kier molecular flexibility index (Phi) is 6.86. The highest BCUT2D eigenvalue weighted by Crippen LogP contribution is 2.27. The molecular formula is C16H24ClN3OS. The number of hydrogen-bond acceptors (Lipinski definition) is 3. The summed E-state index contributed by atoms with van der Waals surface area (Å²) >= 11 is 7.68. The normalized spacial score (nSPS) is 21.9. The number of guanidine groups is 1. The summed E-state index contributed by atoms with van der Waals surface area (Å²) in [7, 11) is 0. The van der Waals surface area contributed by atoms with Crippen molar-refractivity contribution in [2.45, 2.75) is 25.4 Å². The molecular weight excluding hydrogens is 318 g/mol. The van der Waals surface area contributed by atoms with E-state index in [1.165, 1.54) is 5.56 Å². The molecule has 0 aliphatic carbocycles. The molecule has 1 fully saturated rings. The Hall–Kier alpha value is -0.910. The quantitative estimate of drug-likeness (QED) is 0.549. The van der Waals surface area contributed by atoms with E-state index in [4.69, 9.17) is 11.6 Å². The Balaban J connectivity index is 1.81. The Morgan fingerprint density at radius 1 is 1.36 bits per heavy atom. The maximum atomic E-state index is 10.3. The van der Waals surface area contributed by atoms with Gasteiger partial charge in [0.05, 0.1) is 12.1 Å². The molecule has 1 unspecified atom stereocenters. The van der Waals surface area contributed by atoms with E-state index in [1.54, 1.807) is 11.8 Å². The van der Waals surface area contributed by atoms with Crippen molar-refractivity contribution in [3.63, 3.8) is 0 Å². The molecule has 1 saturated heterocycles. The maximum absolute atomic E-state index is 10.3. The van der Waals surface area contributed by atoms with E-state index in [9.17, 15) is 5.11 Å². The largest absolute Gasteiger partial charge is 0.387 e. The van der Waals surface area contributed by atoms with Gasteiger partial charge in [-0.1, -0.05) is 23.7 Å². The van der Waals surface area contributed by atoms with Gasteiger partial charge in [-0.15, -0.1) is 0 Å². The van der Waals surface area contributed by atoms with Gasteiger partial charge >= 0.3 is 0 Å². The number of nitrogens with zero attached hydrogens (tertiary/aromatic N) is 1. The number of aliphatic hydroxyl groups is 1. The van der Waals surface area contributed by atoms with E-state index in [0.717, 1.165) is 48.4 Å². The number of nitrogens with one attached hydrogen (secondary N) is 2. The number of benzene rings is 1. The van der Waals surface area contributed by atoms with Gasteiger partial charge in [-0.3, -0.25) is 4.99 Å². The lowest BCUT2D eigenvalue weighted by Crippen LogP contribution is -2.40. The molecule has 1 aromatic carbocycles. The van der Waals surface area contributed by atoms with E-state index in [0.29, 0.717) is 6.54 Å². The molecule has 2 rings (SSSR count). The lowest BCUT2D eigenvalue weighted by Gasteiger charge is -2.19. The first-order valence-corrected chi connectivity index (χ1v) is 9.21. The van der Waals surface area contributed by atoms with E-state index in [1.807, 2.05) is 31.2 Å². The third-order valence-electron chi connectivity index (χ3n) is 3.58. The smallest absolute Gasteiger partial charge is 0.191 e. The monoisotopic (exact) mass is 341 g/mol. The first-order valence-electron chi connectivity index (χ1n) is 7.68. The van der Waals surface area contributed by atoms with Crippen molar-refractivity contribution in [3.05, 3.63) is 34.9 Å². The van der Waals surface area contributed by atoms with Crippen LogP contribution in [0, 0.1) is 0 Å². The second-order valence-corrected chi connectivity index (χ2v) is 7.07. The van der Waals surface area contributed by atoms with Gasteiger partial charge in [0, 0.05) is 23.9 Å². The summed E-state index contributed by atoms with van der Waals surface area (Å²) in [5.41, 5.74) is 0.599. The number of halogens is 1. The zero-order chi connectivity index (χ0) is 15.8. The molecule has 1 atom stereocenters. The van der Waals surface area contributed by atoms with Crippen LogP contribution >= 0.6 is 23.4 Å². The minimum atomic E-state index is -0.636. The molecule has 1 aromatic rings. The summed E-state index contributed by atoms with van der Waals surface area (Å²) in [5.74, 6) is 2.56. The van der Waals surface area contributed by atoms with Gasteiger partial charge in [0.2, 0.25) is 0 Å². The Morgan fingerprint density at radius 2 is 2.14 bits per heavy atom. The highest BCUT2D eigenvalue weighted by atomic mass is 35.5. The van der Waals surface area contributed by atoms with E-state index < -0.39 is 5.60 Å². The van der Waals surface area contributed by atoms with Crippen molar-refractivity contribution in [2.24, 2.45) is 4.99 Å².